The van der Waals surface area contributed by atoms with Crippen LogP contribution in [-0.2, 0) is 4.74 Å². The third kappa shape index (κ3) is 3.53. The average Bonchev–Trinajstić information content (AvgIpc) is 3.08. The molecule has 1 aliphatic rings. The molecule has 1 N–H and O–H groups in total. The molecule has 0 atom stereocenters. The summed E-state index contributed by atoms with van der Waals surface area (Å²) in [6, 6.07) is 11.1. The van der Waals surface area contributed by atoms with Crippen molar-refractivity contribution in [1.82, 2.24) is 4.98 Å². The average molecular weight is 388 g/mol. The van der Waals surface area contributed by atoms with Crippen LogP contribution in [0.3, 0.4) is 0 Å². The Bertz CT molecular complexity index is 967. The summed E-state index contributed by atoms with van der Waals surface area (Å²) < 4.78 is 6.40. The summed E-state index contributed by atoms with van der Waals surface area (Å²) in [5, 5.41) is 4.51. The number of carbonyl (C=O) groups excluding carboxylic acids is 1. The van der Waals surface area contributed by atoms with Gasteiger partial charge in [0.25, 0.3) is 5.91 Å². The zero-order valence-corrected chi connectivity index (χ0v) is 15.9. The number of fused-ring (bicyclic) bond motifs is 1. The van der Waals surface area contributed by atoms with Crippen LogP contribution in [0.4, 0.5) is 10.8 Å². The maximum atomic E-state index is 12.6. The lowest BCUT2D eigenvalue weighted by Gasteiger charge is -2.25. The molecule has 0 radical (unpaired) electrons. The van der Waals surface area contributed by atoms with Gasteiger partial charge in [-0.05, 0) is 42.8 Å². The molecule has 1 aromatic heterocycles. The van der Waals surface area contributed by atoms with Gasteiger partial charge in [-0.1, -0.05) is 29.0 Å². The van der Waals surface area contributed by atoms with Crippen molar-refractivity contribution in [3.8, 4) is 0 Å². The minimum Gasteiger partial charge on any atom is -0.378 e. The molecule has 4 rings (SSSR count). The molecule has 5 nitrogen and oxygen atoms in total. The number of carbonyl (C=O) groups is 1. The zero-order valence-electron chi connectivity index (χ0n) is 14.3. The Hall–Kier alpha value is -2.15. The first kappa shape index (κ1) is 17.3. The van der Waals surface area contributed by atoms with Gasteiger partial charge in [-0.2, -0.15) is 0 Å². The predicted octanol–water partition coefficient (Wildman–Crippen LogP) is 4.35. The SMILES string of the molecule is Cc1ccc(Cl)cc1NC(=O)c1ccc2nc(N3CCOCC3)sc2c1. The van der Waals surface area contributed by atoms with E-state index < -0.39 is 0 Å². The van der Waals surface area contributed by atoms with E-state index in [0.29, 0.717) is 10.6 Å². The lowest BCUT2D eigenvalue weighted by atomic mass is 10.1. The van der Waals surface area contributed by atoms with Crippen LogP contribution in [0.5, 0.6) is 0 Å². The lowest BCUT2D eigenvalue weighted by molar-refractivity contribution is 0.102. The number of aryl methyl sites for hydroxylation is 1. The summed E-state index contributed by atoms with van der Waals surface area (Å²) in [7, 11) is 0. The molecule has 2 aromatic carbocycles. The fourth-order valence-electron chi connectivity index (χ4n) is 2.87. The van der Waals surface area contributed by atoms with Gasteiger partial charge >= 0.3 is 0 Å². The quantitative estimate of drug-likeness (QED) is 0.726. The molecule has 0 spiro atoms. The summed E-state index contributed by atoms with van der Waals surface area (Å²) >= 11 is 7.63. The van der Waals surface area contributed by atoms with Crippen molar-refractivity contribution in [2.45, 2.75) is 6.92 Å². The van der Waals surface area contributed by atoms with Crippen LogP contribution < -0.4 is 10.2 Å². The normalized spacial score (nSPS) is 14.6. The second-order valence-corrected chi connectivity index (χ2v) is 7.64. The maximum Gasteiger partial charge on any atom is 0.255 e. The van der Waals surface area contributed by atoms with Crippen molar-refractivity contribution in [1.29, 1.82) is 0 Å². The summed E-state index contributed by atoms with van der Waals surface area (Å²) in [5.41, 5.74) is 3.21. The van der Waals surface area contributed by atoms with Crippen molar-refractivity contribution >= 4 is 49.9 Å². The van der Waals surface area contributed by atoms with Crippen LogP contribution in [0.15, 0.2) is 36.4 Å². The van der Waals surface area contributed by atoms with E-state index in [0.717, 1.165) is 52.9 Å². The molecule has 3 aromatic rings. The Morgan fingerprint density at radius 3 is 2.85 bits per heavy atom. The lowest BCUT2D eigenvalue weighted by Crippen LogP contribution is -2.36. The molecule has 0 unspecified atom stereocenters. The smallest absolute Gasteiger partial charge is 0.255 e. The molecule has 1 fully saturated rings. The fraction of sp³-hybridized carbons (Fsp3) is 0.263. The minimum atomic E-state index is -0.154. The predicted molar refractivity (Wildman–Crippen MR) is 107 cm³/mol. The van der Waals surface area contributed by atoms with E-state index in [1.165, 1.54) is 0 Å². The Balaban J connectivity index is 1.58. The molecule has 1 aliphatic heterocycles. The number of aromatic nitrogens is 1. The number of nitrogens with one attached hydrogen (secondary N) is 1. The Labute approximate surface area is 160 Å². The van der Waals surface area contributed by atoms with E-state index in [2.05, 4.69) is 15.2 Å². The number of rotatable bonds is 3. The number of halogens is 1. The van der Waals surface area contributed by atoms with Crippen molar-refractivity contribution in [3.63, 3.8) is 0 Å². The molecule has 0 bridgehead atoms. The van der Waals surface area contributed by atoms with E-state index in [1.54, 1.807) is 23.5 Å². The van der Waals surface area contributed by atoms with Gasteiger partial charge in [0.1, 0.15) is 0 Å². The Kier molecular flexibility index (Phi) is 4.80. The third-order valence-corrected chi connectivity index (χ3v) is 5.68. The third-order valence-electron chi connectivity index (χ3n) is 4.37. The fourth-order valence-corrected chi connectivity index (χ4v) is 4.10. The highest BCUT2D eigenvalue weighted by atomic mass is 35.5. The van der Waals surface area contributed by atoms with Crippen LogP contribution in [0.2, 0.25) is 5.02 Å². The number of nitrogens with zero attached hydrogens (tertiary/aromatic N) is 2. The largest absolute Gasteiger partial charge is 0.378 e. The molecule has 7 heteroatoms. The minimum absolute atomic E-state index is 0.154. The first-order chi connectivity index (χ1) is 12.6. The first-order valence-corrected chi connectivity index (χ1v) is 9.60. The second-order valence-electron chi connectivity index (χ2n) is 6.19. The van der Waals surface area contributed by atoms with Crippen molar-refractivity contribution < 1.29 is 9.53 Å². The molecule has 1 amide bonds. The number of hydrogen-bond acceptors (Lipinski definition) is 5. The van der Waals surface area contributed by atoms with Crippen molar-refractivity contribution in [2.75, 3.05) is 36.5 Å². The highest BCUT2D eigenvalue weighted by Gasteiger charge is 2.16. The van der Waals surface area contributed by atoms with E-state index in [-0.39, 0.29) is 5.91 Å². The van der Waals surface area contributed by atoms with Crippen molar-refractivity contribution in [3.05, 3.63) is 52.5 Å². The molecular weight excluding hydrogens is 370 g/mol. The van der Waals surface area contributed by atoms with Crippen LogP contribution in [-0.4, -0.2) is 37.2 Å². The molecule has 0 saturated carbocycles. The molecule has 26 heavy (non-hydrogen) atoms. The highest BCUT2D eigenvalue weighted by Crippen LogP contribution is 2.30. The van der Waals surface area contributed by atoms with Crippen LogP contribution in [0.25, 0.3) is 10.2 Å². The van der Waals surface area contributed by atoms with E-state index in [4.69, 9.17) is 16.3 Å². The molecule has 2 heterocycles. The van der Waals surface area contributed by atoms with Gasteiger partial charge in [0.2, 0.25) is 0 Å². The first-order valence-electron chi connectivity index (χ1n) is 8.41. The summed E-state index contributed by atoms with van der Waals surface area (Å²) in [5.74, 6) is -0.154. The second kappa shape index (κ2) is 7.23. The van der Waals surface area contributed by atoms with E-state index >= 15 is 0 Å². The number of benzene rings is 2. The maximum absolute atomic E-state index is 12.6. The topological polar surface area (TPSA) is 54.5 Å². The standard InChI is InChI=1S/C19H18ClN3O2S/c1-12-2-4-14(20)11-16(12)21-18(24)13-3-5-15-17(10-13)26-19(22-15)23-6-8-25-9-7-23/h2-5,10-11H,6-9H2,1H3,(H,21,24). The van der Waals surface area contributed by atoms with Gasteiger partial charge in [0, 0.05) is 29.4 Å². The number of thiazole rings is 1. The highest BCUT2D eigenvalue weighted by molar-refractivity contribution is 7.22. The van der Waals surface area contributed by atoms with E-state index in [9.17, 15) is 4.79 Å². The van der Waals surface area contributed by atoms with Gasteiger partial charge in [-0.15, -0.1) is 0 Å². The van der Waals surface area contributed by atoms with Crippen molar-refractivity contribution in [2.24, 2.45) is 0 Å². The van der Waals surface area contributed by atoms with Crippen LogP contribution in [0, 0.1) is 6.92 Å². The van der Waals surface area contributed by atoms with Gasteiger partial charge in [0.15, 0.2) is 5.13 Å². The van der Waals surface area contributed by atoms with Crippen LogP contribution >= 0.6 is 22.9 Å². The van der Waals surface area contributed by atoms with Crippen LogP contribution in [0.1, 0.15) is 15.9 Å². The molecule has 0 aliphatic carbocycles. The number of amides is 1. The summed E-state index contributed by atoms with van der Waals surface area (Å²) in [6.45, 7) is 5.08. The van der Waals surface area contributed by atoms with Gasteiger partial charge in [0.05, 0.1) is 23.4 Å². The number of ether oxygens (including phenoxy) is 1. The number of hydrogen-bond donors (Lipinski definition) is 1. The van der Waals surface area contributed by atoms with Gasteiger partial charge < -0.3 is 15.0 Å². The number of anilines is 2. The molecule has 134 valence electrons. The zero-order chi connectivity index (χ0) is 18.1. The summed E-state index contributed by atoms with van der Waals surface area (Å²) in [4.78, 5) is 19.5. The molecule has 1 saturated heterocycles. The van der Waals surface area contributed by atoms with E-state index in [1.807, 2.05) is 31.2 Å². The Morgan fingerprint density at radius 2 is 2.04 bits per heavy atom. The molecular formula is C19H18ClN3O2S. The summed E-state index contributed by atoms with van der Waals surface area (Å²) in [6.07, 6.45) is 0. The number of morpholine rings is 1. The van der Waals surface area contributed by atoms with Gasteiger partial charge in [-0.25, -0.2) is 4.98 Å². The Morgan fingerprint density at radius 1 is 1.23 bits per heavy atom. The monoisotopic (exact) mass is 387 g/mol. The van der Waals surface area contributed by atoms with Gasteiger partial charge in [-0.3, -0.25) is 4.79 Å².